The summed E-state index contributed by atoms with van der Waals surface area (Å²) in [6.07, 6.45) is 3.85. The number of fused-ring (bicyclic) bond motifs is 3. The third-order valence-corrected chi connectivity index (χ3v) is 5.47. The van der Waals surface area contributed by atoms with Crippen LogP contribution in [0, 0.1) is 0 Å². The molecule has 2 aromatic heterocycles. The number of H-pyrrole nitrogens is 1. The molecular formula is C23H20N2O3. The van der Waals surface area contributed by atoms with E-state index in [-0.39, 0.29) is 11.9 Å². The molecule has 1 aliphatic heterocycles. The van der Waals surface area contributed by atoms with Gasteiger partial charge in [-0.1, -0.05) is 30.3 Å². The Kier molecular flexibility index (Phi) is 3.93. The number of carbonyl (C=O) groups is 1. The van der Waals surface area contributed by atoms with Crippen molar-refractivity contribution in [1.82, 2.24) is 9.88 Å². The number of benzene rings is 2. The number of aromatic nitrogens is 1. The lowest BCUT2D eigenvalue weighted by atomic mass is 9.91. The molecule has 0 saturated heterocycles. The van der Waals surface area contributed by atoms with E-state index in [0.29, 0.717) is 12.1 Å². The first-order valence-electron chi connectivity index (χ1n) is 9.33. The summed E-state index contributed by atoms with van der Waals surface area (Å²) in [5, 5.41) is 1.22. The fourth-order valence-electron chi connectivity index (χ4n) is 4.17. The monoisotopic (exact) mass is 372 g/mol. The standard InChI is InChI=1S/C23H20N2O3/c1-27-17-6-4-5-15(13-17)22-21-19(18-7-2-3-8-20(18)24-21)9-11-25(22)23(26)16-10-12-28-14-16/h2-8,10,12-14,22,24H,9,11H2,1H3. The second kappa shape index (κ2) is 6.60. The predicted octanol–water partition coefficient (Wildman–Crippen LogP) is 4.56. The number of ether oxygens (including phenoxy) is 1. The molecule has 0 radical (unpaired) electrons. The van der Waals surface area contributed by atoms with Gasteiger partial charge in [0.15, 0.2) is 0 Å². The van der Waals surface area contributed by atoms with Gasteiger partial charge in [-0.3, -0.25) is 4.79 Å². The van der Waals surface area contributed by atoms with E-state index in [1.165, 1.54) is 23.5 Å². The third-order valence-electron chi connectivity index (χ3n) is 5.47. The van der Waals surface area contributed by atoms with Crippen molar-refractivity contribution in [2.45, 2.75) is 12.5 Å². The molecule has 0 fully saturated rings. The molecule has 140 valence electrons. The van der Waals surface area contributed by atoms with Crippen LogP contribution in [0.25, 0.3) is 10.9 Å². The zero-order chi connectivity index (χ0) is 19.1. The van der Waals surface area contributed by atoms with Crippen LogP contribution in [-0.4, -0.2) is 29.4 Å². The molecule has 0 aliphatic carbocycles. The fraction of sp³-hybridized carbons (Fsp3) is 0.174. The summed E-state index contributed by atoms with van der Waals surface area (Å²) >= 11 is 0. The Morgan fingerprint density at radius 3 is 2.89 bits per heavy atom. The maximum Gasteiger partial charge on any atom is 0.257 e. The number of carbonyl (C=O) groups excluding carboxylic acids is 1. The summed E-state index contributed by atoms with van der Waals surface area (Å²) in [7, 11) is 1.66. The van der Waals surface area contributed by atoms with Crippen LogP contribution in [0.2, 0.25) is 0 Å². The summed E-state index contributed by atoms with van der Waals surface area (Å²) < 4.78 is 10.6. The number of nitrogens with one attached hydrogen (secondary N) is 1. The lowest BCUT2D eigenvalue weighted by molar-refractivity contribution is 0.0691. The zero-order valence-electron chi connectivity index (χ0n) is 15.5. The normalized spacial score (nSPS) is 16.2. The van der Waals surface area contributed by atoms with Gasteiger partial charge in [0, 0.05) is 23.1 Å². The molecule has 3 heterocycles. The topological polar surface area (TPSA) is 58.5 Å². The van der Waals surface area contributed by atoms with Crippen molar-refractivity contribution in [3.63, 3.8) is 0 Å². The van der Waals surface area contributed by atoms with E-state index >= 15 is 0 Å². The predicted molar refractivity (Wildman–Crippen MR) is 107 cm³/mol. The molecule has 28 heavy (non-hydrogen) atoms. The Morgan fingerprint density at radius 2 is 2.07 bits per heavy atom. The van der Waals surface area contributed by atoms with E-state index in [1.54, 1.807) is 13.2 Å². The van der Waals surface area contributed by atoms with Crippen molar-refractivity contribution in [3.05, 3.63) is 89.5 Å². The first-order valence-corrected chi connectivity index (χ1v) is 9.33. The first-order chi connectivity index (χ1) is 13.8. The van der Waals surface area contributed by atoms with Crippen molar-refractivity contribution < 1.29 is 13.9 Å². The second-order valence-corrected chi connectivity index (χ2v) is 7.00. The molecule has 2 aromatic carbocycles. The highest BCUT2D eigenvalue weighted by atomic mass is 16.5. The van der Waals surface area contributed by atoms with Crippen molar-refractivity contribution in [2.75, 3.05) is 13.7 Å². The highest BCUT2D eigenvalue weighted by Crippen LogP contribution is 2.39. The highest BCUT2D eigenvalue weighted by Gasteiger charge is 2.35. The molecule has 0 spiro atoms. The maximum atomic E-state index is 13.2. The maximum absolute atomic E-state index is 13.2. The van der Waals surface area contributed by atoms with Crippen LogP contribution in [0.1, 0.15) is 33.2 Å². The second-order valence-electron chi connectivity index (χ2n) is 7.00. The highest BCUT2D eigenvalue weighted by molar-refractivity contribution is 5.95. The van der Waals surface area contributed by atoms with Crippen molar-refractivity contribution in [2.24, 2.45) is 0 Å². The third kappa shape index (κ3) is 2.59. The lowest BCUT2D eigenvalue weighted by Gasteiger charge is -2.36. The Balaban J connectivity index is 1.69. The summed E-state index contributed by atoms with van der Waals surface area (Å²) in [6.45, 7) is 0.640. The van der Waals surface area contributed by atoms with Crippen LogP contribution >= 0.6 is 0 Å². The quantitative estimate of drug-likeness (QED) is 0.574. The molecule has 1 amide bonds. The minimum atomic E-state index is -0.214. The van der Waals surface area contributed by atoms with Gasteiger partial charge in [-0.05, 0) is 41.8 Å². The van der Waals surface area contributed by atoms with Gasteiger partial charge in [-0.2, -0.15) is 0 Å². The van der Waals surface area contributed by atoms with E-state index < -0.39 is 0 Å². The van der Waals surface area contributed by atoms with Gasteiger partial charge in [0.05, 0.1) is 25.0 Å². The number of hydrogen-bond acceptors (Lipinski definition) is 3. The Bertz CT molecular complexity index is 1140. The van der Waals surface area contributed by atoms with Gasteiger partial charge in [0.1, 0.15) is 12.0 Å². The molecular weight excluding hydrogens is 352 g/mol. The van der Waals surface area contributed by atoms with E-state index in [4.69, 9.17) is 9.15 Å². The smallest absolute Gasteiger partial charge is 0.257 e. The molecule has 1 unspecified atom stereocenters. The van der Waals surface area contributed by atoms with Crippen LogP contribution in [0.15, 0.2) is 71.5 Å². The lowest BCUT2D eigenvalue weighted by Crippen LogP contribution is -2.40. The number of furan rings is 1. The molecule has 1 atom stereocenters. The number of rotatable bonds is 3. The van der Waals surface area contributed by atoms with Crippen LogP contribution in [-0.2, 0) is 6.42 Å². The number of nitrogens with zero attached hydrogens (tertiary/aromatic N) is 1. The number of hydrogen-bond donors (Lipinski definition) is 1. The van der Waals surface area contributed by atoms with E-state index in [9.17, 15) is 4.79 Å². The van der Waals surface area contributed by atoms with Crippen LogP contribution < -0.4 is 4.74 Å². The van der Waals surface area contributed by atoms with Crippen molar-refractivity contribution >= 4 is 16.8 Å². The number of para-hydroxylation sites is 1. The summed E-state index contributed by atoms with van der Waals surface area (Å²) in [6, 6.07) is 17.7. The Hall–Kier alpha value is -3.47. The van der Waals surface area contributed by atoms with E-state index in [0.717, 1.165) is 28.9 Å². The van der Waals surface area contributed by atoms with Gasteiger partial charge >= 0.3 is 0 Å². The average Bonchev–Trinajstić information content (AvgIpc) is 3.40. The molecule has 0 bridgehead atoms. The van der Waals surface area contributed by atoms with E-state index in [2.05, 4.69) is 23.2 Å². The zero-order valence-corrected chi connectivity index (χ0v) is 15.5. The Morgan fingerprint density at radius 1 is 1.18 bits per heavy atom. The van der Waals surface area contributed by atoms with Crippen molar-refractivity contribution in [1.29, 1.82) is 0 Å². The fourth-order valence-corrected chi connectivity index (χ4v) is 4.17. The molecule has 5 heteroatoms. The average molecular weight is 372 g/mol. The Labute approximate surface area is 162 Å². The van der Waals surface area contributed by atoms with Crippen molar-refractivity contribution in [3.8, 4) is 5.75 Å². The van der Waals surface area contributed by atoms with Crippen LogP contribution in [0.5, 0.6) is 5.75 Å². The molecule has 1 aliphatic rings. The number of amides is 1. The van der Waals surface area contributed by atoms with Crippen LogP contribution in [0.3, 0.4) is 0 Å². The van der Waals surface area contributed by atoms with E-state index in [1.807, 2.05) is 35.2 Å². The number of aromatic amines is 1. The van der Waals surface area contributed by atoms with Gasteiger partial charge in [0.25, 0.3) is 5.91 Å². The largest absolute Gasteiger partial charge is 0.497 e. The molecule has 0 saturated carbocycles. The molecule has 1 N–H and O–H groups in total. The van der Waals surface area contributed by atoms with Gasteiger partial charge in [-0.15, -0.1) is 0 Å². The molecule has 5 nitrogen and oxygen atoms in total. The minimum absolute atomic E-state index is 0.0362. The minimum Gasteiger partial charge on any atom is -0.497 e. The number of methoxy groups -OCH3 is 1. The van der Waals surface area contributed by atoms with Gasteiger partial charge < -0.3 is 19.0 Å². The van der Waals surface area contributed by atoms with Gasteiger partial charge in [-0.25, -0.2) is 0 Å². The SMILES string of the molecule is COc1cccc(C2c3[nH]c4ccccc4c3CCN2C(=O)c2ccoc2)c1. The summed E-state index contributed by atoms with van der Waals surface area (Å²) in [5.74, 6) is 0.738. The molecule has 4 aromatic rings. The summed E-state index contributed by atoms with van der Waals surface area (Å²) in [4.78, 5) is 18.7. The molecule has 5 rings (SSSR count). The first kappa shape index (κ1) is 16.7. The summed E-state index contributed by atoms with van der Waals surface area (Å²) in [5.41, 5.74) is 5.02. The van der Waals surface area contributed by atoms with Gasteiger partial charge in [0.2, 0.25) is 0 Å². The van der Waals surface area contributed by atoms with Crippen LogP contribution in [0.4, 0.5) is 0 Å².